The van der Waals surface area contributed by atoms with E-state index in [1.54, 1.807) is 0 Å². The van der Waals surface area contributed by atoms with Crippen molar-refractivity contribution in [1.29, 1.82) is 0 Å². The van der Waals surface area contributed by atoms with E-state index in [4.69, 9.17) is 9.90 Å². The van der Waals surface area contributed by atoms with E-state index in [2.05, 4.69) is 20.8 Å². The lowest BCUT2D eigenvalue weighted by Crippen LogP contribution is -2.33. The molecular formula is C11H26O3Si. The summed E-state index contributed by atoms with van der Waals surface area (Å²) in [4.78, 5) is 19.2. The molecule has 15 heavy (non-hydrogen) atoms. The highest BCUT2D eigenvalue weighted by atomic mass is 28.4. The van der Waals surface area contributed by atoms with Crippen molar-refractivity contribution >= 4 is 14.3 Å². The van der Waals surface area contributed by atoms with Gasteiger partial charge < -0.3 is 9.90 Å². The van der Waals surface area contributed by atoms with E-state index < -0.39 is 14.3 Å². The molecule has 0 amide bonds. The van der Waals surface area contributed by atoms with Gasteiger partial charge in [0.05, 0.1) is 0 Å². The Morgan fingerprint density at radius 1 is 1.00 bits per heavy atom. The molecule has 4 heteroatoms. The molecule has 0 radical (unpaired) electrons. The highest BCUT2D eigenvalue weighted by Gasteiger charge is 2.26. The van der Waals surface area contributed by atoms with Crippen LogP contribution in [0.5, 0.6) is 0 Å². The normalized spacial score (nSPS) is 10.5. The average molecular weight is 234 g/mol. The maximum absolute atomic E-state index is 10.2. The van der Waals surface area contributed by atoms with Gasteiger partial charge in [-0.2, -0.15) is 0 Å². The van der Waals surface area contributed by atoms with Gasteiger partial charge in [0.15, 0.2) is 8.32 Å². The molecule has 3 nitrogen and oxygen atoms in total. The van der Waals surface area contributed by atoms with Gasteiger partial charge in [-0.25, -0.2) is 0 Å². The molecule has 0 aliphatic carbocycles. The molecule has 2 N–H and O–H groups in total. The molecule has 0 saturated carbocycles. The Kier molecular flexibility index (Phi) is 11.6. The van der Waals surface area contributed by atoms with E-state index >= 15 is 0 Å². The molecule has 0 rings (SSSR count). The Balaban J connectivity index is 0. The van der Waals surface area contributed by atoms with Crippen LogP contribution in [0.2, 0.25) is 18.1 Å². The predicted molar refractivity (Wildman–Crippen MR) is 66.6 cm³/mol. The van der Waals surface area contributed by atoms with Gasteiger partial charge >= 0.3 is 0 Å². The maximum Gasteiger partial charge on any atom is 0.300 e. The first-order chi connectivity index (χ1) is 6.91. The second-order valence-corrected chi connectivity index (χ2v) is 7.94. The van der Waals surface area contributed by atoms with Crippen molar-refractivity contribution in [3.8, 4) is 0 Å². The van der Waals surface area contributed by atoms with Crippen molar-refractivity contribution in [2.75, 3.05) is 0 Å². The minimum absolute atomic E-state index is 0.833. The molecule has 0 aliphatic heterocycles. The first-order valence-corrected chi connectivity index (χ1v) is 8.40. The lowest BCUT2D eigenvalue weighted by Gasteiger charge is -2.23. The highest BCUT2D eigenvalue weighted by Crippen LogP contribution is 2.22. The van der Waals surface area contributed by atoms with Crippen LogP contribution < -0.4 is 0 Å². The van der Waals surface area contributed by atoms with Crippen LogP contribution in [0.25, 0.3) is 0 Å². The summed E-state index contributed by atoms with van der Waals surface area (Å²) < 4.78 is 0. The summed E-state index contributed by atoms with van der Waals surface area (Å²) in [5.74, 6) is -0.833. The van der Waals surface area contributed by atoms with Crippen molar-refractivity contribution < 1.29 is 14.7 Å². The molecule has 0 aromatic carbocycles. The van der Waals surface area contributed by atoms with Gasteiger partial charge in [0.2, 0.25) is 0 Å². The van der Waals surface area contributed by atoms with Gasteiger partial charge in [-0.15, -0.1) is 0 Å². The van der Waals surface area contributed by atoms with Gasteiger partial charge in [-0.3, -0.25) is 4.79 Å². The lowest BCUT2D eigenvalue weighted by atomic mass is 10.6. The zero-order chi connectivity index (χ0) is 12.3. The Hall–Kier alpha value is -0.353. The second-order valence-electron chi connectivity index (χ2n) is 3.99. The molecule has 0 bridgehead atoms. The predicted octanol–water partition coefficient (Wildman–Crippen LogP) is 3.25. The number of hydrogen-bond donors (Lipinski definition) is 2. The van der Waals surface area contributed by atoms with Crippen molar-refractivity contribution in [3.05, 3.63) is 0 Å². The zero-order valence-corrected chi connectivity index (χ0v) is 11.5. The number of carboxylic acids is 1. The zero-order valence-electron chi connectivity index (χ0n) is 10.5. The van der Waals surface area contributed by atoms with E-state index in [-0.39, 0.29) is 0 Å². The molecule has 0 aliphatic rings. The molecule has 0 fully saturated rings. The molecule has 0 aromatic heterocycles. The molecule has 0 aromatic rings. The average Bonchev–Trinajstić information content (AvgIpc) is 2.03. The van der Waals surface area contributed by atoms with Gasteiger partial charge in [0, 0.05) is 6.92 Å². The molecule has 0 spiro atoms. The Bertz CT molecular complexity index is 139. The summed E-state index contributed by atoms with van der Waals surface area (Å²) in [5, 5.41) is 7.42. The van der Waals surface area contributed by atoms with Gasteiger partial charge in [-0.1, -0.05) is 40.0 Å². The quantitative estimate of drug-likeness (QED) is 0.694. The fourth-order valence-corrected chi connectivity index (χ4v) is 5.31. The number of carbonyl (C=O) groups is 1. The monoisotopic (exact) mass is 234 g/mol. The van der Waals surface area contributed by atoms with E-state index in [0.29, 0.717) is 0 Å². The smallest absolute Gasteiger partial charge is 0.300 e. The minimum Gasteiger partial charge on any atom is -0.481 e. The highest BCUT2D eigenvalue weighted by molar-refractivity contribution is 6.72. The maximum atomic E-state index is 10.2. The summed E-state index contributed by atoms with van der Waals surface area (Å²) in [6.45, 7) is 7.59. The third-order valence-corrected chi connectivity index (χ3v) is 6.44. The minimum atomic E-state index is -1.75. The molecular weight excluding hydrogens is 208 g/mol. The van der Waals surface area contributed by atoms with E-state index in [0.717, 1.165) is 44.3 Å². The third-order valence-electron chi connectivity index (χ3n) is 2.15. The third kappa shape index (κ3) is 13.6. The van der Waals surface area contributed by atoms with Crippen molar-refractivity contribution in [3.63, 3.8) is 0 Å². The molecule has 0 heterocycles. The number of carboxylic acid groups (broad SMARTS) is 1. The van der Waals surface area contributed by atoms with E-state index in [9.17, 15) is 4.80 Å². The number of aliphatic carboxylic acids is 1. The van der Waals surface area contributed by atoms with Crippen LogP contribution in [0.1, 0.15) is 47.0 Å². The topological polar surface area (TPSA) is 57.5 Å². The van der Waals surface area contributed by atoms with Crippen LogP contribution in [0.15, 0.2) is 0 Å². The number of hydrogen-bond acceptors (Lipinski definition) is 2. The van der Waals surface area contributed by atoms with Crippen molar-refractivity contribution in [1.82, 2.24) is 0 Å². The lowest BCUT2D eigenvalue weighted by molar-refractivity contribution is -0.134. The summed E-state index contributed by atoms with van der Waals surface area (Å²) >= 11 is 0. The van der Waals surface area contributed by atoms with E-state index in [1.807, 2.05) is 0 Å². The first-order valence-electron chi connectivity index (χ1n) is 5.83. The summed E-state index contributed by atoms with van der Waals surface area (Å²) in [5.41, 5.74) is 0. The largest absolute Gasteiger partial charge is 0.481 e. The molecule has 0 unspecified atom stereocenters. The van der Waals surface area contributed by atoms with Gasteiger partial charge in [-0.05, 0) is 18.1 Å². The second kappa shape index (κ2) is 10.2. The van der Waals surface area contributed by atoms with Crippen LogP contribution in [-0.2, 0) is 4.79 Å². The summed E-state index contributed by atoms with van der Waals surface area (Å²) in [6, 6.07) is 3.32. The van der Waals surface area contributed by atoms with Crippen LogP contribution in [0.3, 0.4) is 0 Å². The fourth-order valence-electron chi connectivity index (χ4n) is 1.77. The Morgan fingerprint density at radius 2 is 1.20 bits per heavy atom. The van der Waals surface area contributed by atoms with Crippen LogP contribution in [0, 0.1) is 0 Å². The van der Waals surface area contributed by atoms with Crippen molar-refractivity contribution in [2.24, 2.45) is 0 Å². The first kappa shape index (κ1) is 17.1. The molecule has 92 valence electrons. The number of rotatable bonds is 6. The SMILES string of the molecule is CC(=O)O.CCC[Si](O)(CCC)CCC. The van der Waals surface area contributed by atoms with Crippen LogP contribution in [-0.4, -0.2) is 24.2 Å². The fraction of sp³-hybridized carbons (Fsp3) is 0.909. The van der Waals surface area contributed by atoms with Crippen LogP contribution in [0.4, 0.5) is 0 Å². The molecule has 0 atom stereocenters. The van der Waals surface area contributed by atoms with Crippen LogP contribution >= 0.6 is 0 Å². The standard InChI is InChI=1S/C9H22OSi.C2H4O2/c1-4-7-11(10,8-5-2)9-6-3;1-2(3)4/h10H,4-9H2,1-3H3;1H3,(H,3,4). The van der Waals surface area contributed by atoms with E-state index in [1.165, 1.54) is 0 Å². The Labute approximate surface area is 94.6 Å². The van der Waals surface area contributed by atoms with Gasteiger partial charge in [0.1, 0.15) is 0 Å². The summed E-state index contributed by atoms with van der Waals surface area (Å²) in [7, 11) is -1.75. The Morgan fingerprint density at radius 3 is 1.33 bits per heavy atom. The summed E-state index contributed by atoms with van der Waals surface area (Å²) in [6.07, 6.45) is 3.47. The van der Waals surface area contributed by atoms with Gasteiger partial charge in [0.25, 0.3) is 5.97 Å². The van der Waals surface area contributed by atoms with Crippen molar-refractivity contribution in [2.45, 2.75) is 65.1 Å². The molecule has 0 saturated heterocycles.